The molecule has 0 saturated heterocycles. The van der Waals surface area contributed by atoms with Gasteiger partial charge in [-0.15, -0.1) is 6.42 Å². The molecule has 0 aliphatic heterocycles. The Morgan fingerprint density at radius 1 is 1.47 bits per heavy atom. The van der Waals surface area contributed by atoms with Crippen LogP contribution in [-0.4, -0.2) is 25.8 Å². The van der Waals surface area contributed by atoms with E-state index in [-0.39, 0.29) is 16.5 Å². The maximum atomic E-state index is 12.4. The molecule has 0 unspecified atom stereocenters. The van der Waals surface area contributed by atoms with Gasteiger partial charge in [-0.05, 0) is 24.6 Å². The van der Waals surface area contributed by atoms with Crippen LogP contribution in [0.25, 0.3) is 0 Å². The summed E-state index contributed by atoms with van der Waals surface area (Å²) in [5.41, 5.74) is 0.308. The van der Waals surface area contributed by atoms with Crippen LogP contribution in [0.2, 0.25) is 5.02 Å². The quantitative estimate of drug-likeness (QED) is 0.783. The predicted octanol–water partition coefficient (Wildman–Crippen LogP) is 2.25. The Hall–Kier alpha value is -1.53. The molecule has 0 radical (unpaired) electrons. The maximum absolute atomic E-state index is 12.4. The van der Waals surface area contributed by atoms with Crippen molar-refractivity contribution in [1.82, 2.24) is 4.31 Å². The number of nitriles is 1. The third kappa shape index (κ3) is 3.48. The molecule has 0 atom stereocenters. The van der Waals surface area contributed by atoms with Crippen molar-refractivity contribution in [3.8, 4) is 18.4 Å². The Bertz CT molecular complexity index is 642. The first-order valence-electron chi connectivity index (χ1n) is 5.60. The van der Waals surface area contributed by atoms with E-state index in [9.17, 15) is 8.42 Å². The van der Waals surface area contributed by atoms with E-state index in [1.54, 1.807) is 0 Å². The van der Waals surface area contributed by atoms with Gasteiger partial charge in [0.2, 0.25) is 10.0 Å². The topological polar surface area (TPSA) is 61.2 Å². The highest BCUT2D eigenvalue weighted by atomic mass is 35.5. The zero-order valence-corrected chi connectivity index (χ0v) is 12.0. The summed E-state index contributed by atoms with van der Waals surface area (Å²) in [4.78, 5) is -0.0307. The first-order valence-corrected chi connectivity index (χ1v) is 7.42. The Morgan fingerprint density at radius 3 is 2.63 bits per heavy atom. The third-order valence-electron chi connectivity index (χ3n) is 2.42. The van der Waals surface area contributed by atoms with Crippen LogP contribution in [0.3, 0.4) is 0 Å². The average molecular weight is 297 g/mol. The standard InChI is InChI=1S/C13H13ClN2O2S/c1-3-7-16(8-4-2)19(17,18)13-6-5-11(10-15)9-12(13)14/h1,5-6,9H,4,7-8H2,2H3. The Balaban J connectivity index is 3.26. The molecule has 0 amide bonds. The van der Waals surface area contributed by atoms with E-state index in [1.807, 2.05) is 13.0 Å². The van der Waals surface area contributed by atoms with Crippen LogP contribution in [-0.2, 0) is 10.0 Å². The number of sulfonamides is 1. The van der Waals surface area contributed by atoms with Gasteiger partial charge in [-0.1, -0.05) is 24.4 Å². The van der Waals surface area contributed by atoms with Crippen molar-refractivity contribution in [3.05, 3.63) is 28.8 Å². The van der Waals surface area contributed by atoms with Gasteiger partial charge in [-0.3, -0.25) is 0 Å². The van der Waals surface area contributed by atoms with Crippen LogP contribution in [0.4, 0.5) is 0 Å². The summed E-state index contributed by atoms with van der Waals surface area (Å²) in [6.45, 7) is 2.18. The summed E-state index contributed by atoms with van der Waals surface area (Å²) >= 11 is 5.93. The first-order chi connectivity index (χ1) is 8.97. The molecule has 1 aromatic carbocycles. The van der Waals surface area contributed by atoms with E-state index in [0.717, 1.165) is 0 Å². The van der Waals surface area contributed by atoms with Crippen LogP contribution < -0.4 is 0 Å². The summed E-state index contributed by atoms with van der Waals surface area (Å²) in [6.07, 6.45) is 5.83. The largest absolute Gasteiger partial charge is 0.245 e. The second-order valence-electron chi connectivity index (χ2n) is 3.80. The summed E-state index contributed by atoms with van der Waals surface area (Å²) in [5.74, 6) is 2.32. The van der Waals surface area contributed by atoms with Crippen LogP contribution in [0.15, 0.2) is 23.1 Å². The molecule has 6 heteroatoms. The lowest BCUT2D eigenvalue weighted by atomic mass is 10.2. The highest BCUT2D eigenvalue weighted by Gasteiger charge is 2.25. The number of benzene rings is 1. The van der Waals surface area contributed by atoms with E-state index in [0.29, 0.717) is 18.5 Å². The summed E-state index contributed by atoms with van der Waals surface area (Å²) in [6, 6.07) is 5.97. The zero-order chi connectivity index (χ0) is 14.5. The number of halogens is 1. The molecule has 1 aromatic rings. The molecular weight excluding hydrogens is 284 g/mol. The van der Waals surface area contributed by atoms with E-state index in [2.05, 4.69) is 5.92 Å². The van der Waals surface area contributed by atoms with Gasteiger partial charge in [0.1, 0.15) is 4.90 Å². The molecule has 4 nitrogen and oxygen atoms in total. The zero-order valence-electron chi connectivity index (χ0n) is 10.4. The molecule has 19 heavy (non-hydrogen) atoms. The van der Waals surface area contributed by atoms with Gasteiger partial charge in [0.05, 0.1) is 23.2 Å². The van der Waals surface area contributed by atoms with Gasteiger partial charge >= 0.3 is 0 Å². The fraction of sp³-hybridized carbons (Fsp3) is 0.308. The Morgan fingerprint density at radius 2 is 2.16 bits per heavy atom. The average Bonchev–Trinajstić information content (AvgIpc) is 2.38. The van der Waals surface area contributed by atoms with Crippen LogP contribution >= 0.6 is 11.6 Å². The van der Waals surface area contributed by atoms with Crippen molar-refractivity contribution in [1.29, 1.82) is 5.26 Å². The van der Waals surface area contributed by atoms with Crippen LogP contribution in [0.1, 0.15) is 18.9 Å². The smallest absolute Gasteiger partial charge is 0.207 e. The highest BCUT2D eigenvalue weighted by molar-refractivity contribution is 7.89. The lowest BCUT2D eigenvalue weighted by Crippen LogP contribution is -2.32. The minimum absolute atomic E-state index is 0.00744. The van der Waals surface area contributed by atoms with Gasteiger partial charge < -0.3 is 0 Å². The van der Waals surface area contributed by atoms with Crippen molar-refractivity contribution in [2.75, 3.05) is 13.1 Å². The van der Waals surface area contributed by atoms with Gasteiger partial charge in [0, 0.05) is 6.54 Å². The molecule has 0 spiro atoms. The van der Waals surface area contributed by atoms with Crippen molar-refractivity contribution in [3.63, 3.8) is 0 Å². The Kier molecular flexibility index (Phi) is 5.38. The van der Waals surface area contributed by atoms with Gasteiger partial charge in [-0.25, -0.2) is 8.42 Å². The molecule has 0 saturated carbocycles. The van der Waals surface area contributed by atoms with Gasteiger partial charge in [0.15, 0.2) is 0 Å². The second kappa shape index (κ2) is 6.58. The molecule has 100 valence electrons. The van der Waals surface area contributed by atoms with Gasteiger partial charge in [-0.2, -0.15) is 9.57 Å². The van der Waals surface area contributed by atoms with E-state index in [1.165, 1.54) is 22.5 Å². The van der Waals surface area contributed by atoms with Crippen molar-refractivity contribution in [2.45, 2.75) is 18.2 Å². The molecule has 0 heterocycles. The van der Waals surface area contributed by atoms with E-state index < -0.39 is 10.0 Å². The van der Waals surface area contributed by atoms with E-state index >= 15 is 0 Å². The second-order valence-corrected chi connectivity index (χ2v) is 6.11. The minimum Gasteiger partial charge on any atom is -0.207 e. The molecule has 0 N–H and O–H groups in total. The number of hydrogen-bond acceptors (Lipinski definition) is 3. The molecule has 0 aromatic heterocycles. The number of rotatable bonds is 5. The number of terminal acetylenes is 1. The van der Waals surface area contributed by atoms with Crippen molar-refractivity contribution < 1.29 is 8.42 Å². The summed E-state index contributed by atoms with van der Waals surface area (Å²) in [7, 11) is -3.73. The van der Waals surface area contributed by atoms with Crippen molar-refractivity contribution in [2.24, 2.45) is 0 Å². The van der Waals surface area contributed by atoms with Gasteiger partial charge in [0.25, 0.3) is 0 Å². The normalized spacial score (nSPS) is 11.0. The predicted molar refractivity (Wildman–Crippen MR) is 74.0 cm³/mol. The lowest BCUT2D eigenvalue weighted by Gasteiger charge is -2.19. The SMILES string of the molecule is C#CCN(CCC)S(=O)(=O)c1ccc(C#N)cc1Cl. The molecule has 1 rings (SSSR count). The Labute approximate surface area is 118 Å². The lowest BCUT2D eigenvalue weighted by molar-refractivity contribution is 0.446. The fourth-order valence-corrected chi connectivity index (χ4v) is 3.52. The molecule has 0 fully saturated rings. The monoisotopic (exact) mass is 296 g/mol. The maximum Gasteiger partial charge on any atom is 0.245 e. The van der Waals surface area contributed by atoms with Crippen molar-refractivity contribution >= 4 is 21.6 Å². The highest BCUT2D eigenvalue weighted by Crippen LogP contribution is 2.25. The minimum atomic E-state index is -3.73. The molecular formula is C13H13ClN2O2S. The number of nitrogens with zero attached hydrogens (tertiary/aromatic N) is 2. The number of hydrogen-bond donors (Lipinski definition) is 0. The first kappa shape index (κ1) is 15.5. The molecule has 0 bridgehead atoms. The summed E-state index contributed by atoms with van der Waals surface area (Å²) in [5, 5.41) is 8.76. The van der Waals surface area contributed by atoms with Crippen LogP contribution in [0, 0.1) is 23.7 Å². The fourth-order valence-electron chi connectivity index (χ4n) is 1.55. The summed E-state index contributed by atoms with van der Waals surface area (Å²) < 4.78 is 26.0. The van der Waals surface area contributed by atoms with E-state index in [4.69, 9.17) is 23.3 Å². The third-order valence-corrected chi connectivity index (χ3v) is 4.75. The molecule has 0 aliphatic carbocycles. The van der Waals surface area contributed by atoms with Crippen LogP contribution in [0.5, 0.6) is 0 Å². The molecule has 0 aliphatic rings.